The number of imidazole rings is 1. The zero-order valence-electron chi connectivity index (χ0n) is 11.9. The van der Waals surface area contributed by atoms with Crippen LogP contribution in [0.1, 0.15) is 22.0 Å². The van der Waals surface area contributed by atoms with E-state index in [1.54, 1.807) is 18.3 Å². The number of fused-ring (bicyclic) bond motifs is 1. The van der Waals surface area contributed by atoms with Gasteiger partial charge in [-0.3, -0.25) is 0 Å². The van der Waals surface area contributed by atoms with Gasteiger partial charge in [0.15, 0.2) is 0 Å². The highest BCUT2D eigenvalue weighted by Gasteiger charge is 2.14. The first-order valence-corrected chi connectivity index (χ1v) is 8.11. The van der Waals surface area contributed by atoms with Crippen LogP contribution >= 0.6 is 22.9 Å². The molecule has 0 saturated carbocycles. The van der Waals surface area contributed by atoms with Crippen LogP contribution in [0.2, 0.25) is 0 Å². The molecule has 0 saturated heterocycles. The van der Waals surface area contributed by atoms with Gasteiger partial charge >= 0.3 is 0 Å². The number of thiazole rings is 1. The number of alkyl halides is 1. The van der Waals surface area contributed by atoms with Crippen molar-refractivity contribution in [3.05, 3.63) is 45.4 Å². The Bertz CT molecular complexity index is 794. The van der Waals surface area contributed by atoms with E-state index in [9.17, 15) is 4.39 Å². The van der Waals surface area contributed by atoms with Crippen molar-refractivity contribution in [2.75, 3.05) is 5.88 Å². The number of aryl methyl sites for hydroxylation is 3. The fraction of sp³-hybridized carbons (Fsp3) is 0.333. The third-order valence-electron chi connectivity index (χ3n) is 3.57. The summed E-state index contributed by atoms with van der Waals surface area (Å²) in [5.41, 5.74) is 5.12. The molecule has 1 aromatic carbocycles. The van der Waals surface area contributed by atoms with Crippen molar-refractivity contribution < 1.29 is 4.39 Å². The minimum Gasteiger partial charge on any atom is -0.323 e. The molecule has 0 amide bonds. The van der Waals surface area contributed by atoms with Gasteiger partial charge in [-0.05, 0) is 25.5 Å². The molecule has 0 fully saturated rings. The van der Waals surface area contributed by atoms with Crippen molar-refractivity contribution in [2.45, 2.75) is 26.8 Å². The van der Waals surface area contributed by atoms with Crippen LogP contribution in [0, 0.1) is 19.7 Å². The van der Waals surface area contributed by atoms with Gasteiger partial charge in [-0.2, -0.15) is 0 Å². The third kappa shape index (κ3) is 2.68. The van der Waals surface area contributed by atoms with Gasteiger partial charge in [0.2, 0.25) is 0 Å². The highest BCUT2D eigenvalue weighted by molar-refractivity contribution is 7.09. The van der Waals surface area contributed by atoms with Gasteiger partial charge in [-0.15, -0.1) is 22.9 Å². The summed E-state index contributed by atoms with van der Waals surface area (Å²) in [6.07, 6.45) is 0.661. The summed E-state index contributed by atoms with van der Waals surface area (Å²) in [5, 5.41) is 0. The van der Waals surface area contributed by atoms with Gasteiger partial charge in [0.25, 0.3) is 0 Å². The van der Waals surface area contributed by atoms with E-state index in [4.69, 9.17) is 11.6 Å². The summed E-state index contributed by atoms with van der Waals surface area (Å²) >= 11 is 7.50. The normalized spacial score (nSPS) is 11.4. The second kappa shape index (κ2) is 5.73. The lowest BCUT2D eigenvalue weighted by Crippen LogP contribution is -2.06. The Balaban J connectivity index is 2.15. The van der Waals surface area contributed by atoms with E-state index in [0.717, 1.165) is 17.0 Å². The maximum Gasteiger partial charge on any atom is 0.128 e. The molecular weight excluding hydrogens is 309 g/mol. The summed E-state index contributed by atoms with van der Waals surface area (Å²) in [6.45, 7) is 4.46. The summed E-state index contributed by atoms with van der Waals surface area (Å²) < 4.78 is 15.8. The molecule has 0 aliphatic rings. The molecule has 0 aliphatic carbocycles. The lowest BCUT2D eigenvalue weighted by Gasteiger charge is -2.08. The first kappa shape index (κ1) is 14.5. The van der Waals surface area contributed by atoms with E-state index in [1.807, 2.05) is 18.5 Å². The standard InChI is InChI=1S/C15H15ClFN3S/c1-9-5-13-12(6-11(9)17)19-15(3-4-16)20(13)7-14-10(2)18-8-21-14/h5-6,8H,3-4,7H2,1-2H3. The highest BCUT2D eigenvalue weighted by atomic mass is 35.5. The van der Waals surface area contributed by atoms with E-state index < -0.39 is 0 Å². The minimum atomic E-state index is -0.224. The van der Waals surface area contributed by atoms with Crippen LogP contribution < -0.4 is 0 Å². The quantitative estimate of drug-likeness (QED) is 0.677. The van der Waals surface area contributed by atoms with Crippen molar-refractivity contribution >= 4 is 34.0 Å². The average molecular weight is 324 g/mol. The Morgan fingerprint density at radius 3 is 2.81 bits per heavy atom. The summed E-state index contributed by atoms with van der Waals surface area (Å²) in [6, 6.07) is 3.35. The molecule has 2 heterocycles. The molecule has 6 heteroatoms. The van der Waals surface area contributed by atoms with Crippen LogP contribution in [-0.4, -0.2) is 20.4 Å². The van der Waals surface area contributed by atoms with Gasteiger partial charge in [0.05, 0.1) is 28.8 Å². The molecule has 2 aromatic heterocycles. The lowest BCUT2D eigenvalue weighted by atomic mass is 10.2. The Labute approximate surface area is 131 Å². The lowest BCUT2D eigenvalue weighted by molar-refractivity contribution is 0.620. The Morgan fingerprint density at radius 2 is 2.14 bits per heavy atom. The minimum absolute atomic E-state index is 0.224. The molecule has 0 atom stereocenters. The Hall–Kier alpha value is -1.46. The van der Waals surface area contributed by atoms with Crippen molar-refractivity contribution in [1.29, 1.82) is 0 Å². The van der Waals surface area contributed by atoms with Gasteiger partial charge in [-0.1, -0.05) is 0 Å². The van der Waals surface area contributed by atoms with Crippen molar-refractivity contribution in [2.24, 2.45) is 0 Å². The maximum atomic E-state index is 13.7. The molecule has 3 nitrogen and oxygen atoms in total. The molecule has 0 N–H and O–H groups in total. The molecule has 0 radical (unpaired) electrons. The van der Waals surface area contributed by atoms with E-state index in [2.05, 4.69) is 14.5 Å². The zero-order valence-corrected chi connectivity index (χ0v) is 13.4. The summed E-state index contributed by atoms with van der Waals surface area (Å²) in [7, 11) is 0. The molecule has 0 aliphatic heterocycles. The topological polar surface area (TPSA) is 30.7 Å². The zero-order chi connectivity index (χ0) is 15.0. The molecular formula is C15H15ClFN3S. The summed E-state index contributed by atoms with van der Waals surface area (Å²) in [5.74, 6) is 1.16. The second-order valence-corrected chi connectivity index (χ2v) is 6.32. The number of aromatic nitrogens is 3. The van der Waals surface area contributed by atoms with Gasteiger partial charge < -0.3 is 4.57 Å². The fourth-order valence-corrected chi connectivity index (χ4v) is 3.31. The molecule has 3 aromatic rings. The van der Waals surface area contributed by atoms with Crippen molar-refractivity contribution in [3.63, 3.8) is 0 Å². The number of hydrogen-bond donors (Lipinski definition) is 0. The monoisotopic (exact) mass is 323 g/mol. The largest absolute Gasteiger partial charge is 0.323 e. The second-order valence-electron chi connectivity index (χ2n) is 5.00. The van der Waals surface area contributed by atoms with Crippen molar-refractivity contribution in [1.82, 2.24) is 14.5 Å². The SMILES string of the molecule is Cc1cc2c(cc1F)nc(CCCl)n2Cc1scnc1C. The Morgan fingerprint density at radius 1 is 1.33 bits per heavy atom. The van der Waals surface area contributed by atoms with Gasteiger partial charge in [0.1, 0.15) is 11.6 Å². The fourth-order valence-electron chi connectivity index (χ4n) is 2.37. The van der Waals surface area contributed by atoms with E-state index in [-0.39, 0.29) is 5.82 Å². The van der Waals surface area contributed by atoms with Crippen LogP contribution in [-0.2, 0) is 13.0 Å². The number of hydrogen-bond acceptors (Lipinski definition) is 3. The van der Waals surface area contributed by atoms with Crippen LogP contribution in [0.3, 0.4) is 0 Å². The first-order chi connectivity index (χ1) is 10.1. The molecule has 3 rings (SSSR count). The first-order valence-electron chi connectivity index (χ1n) is 6.70. The van der Waals surface area contributed by atoms with Crippen LogP contribution in [0.4, 0.5) is 4.39 Å². The molecule has 0 bridgehead atoms. The van der Waals surface area contributed by atoms with Crippen LogP contribution in [0.15, 0.2) is 17.6 Å². The molecule has 21 heavy (non-hydrogen) atoms. The van der Waals surface area contributed by atoms with E-state index >= 15 is 0 Å². The molecule has 110 valence electrons. The smallest absolute Gasteiger partial charge is 0.128 e. The predicted octanol–water partition coefficient (Wildman–Crippen LogP) is 4.08. The Kier molecular flexibility index (Phi) is 3.95. The average Bonchev–Trinajstić information content (AvgIpc) is 2.98. The van der Waals surface area contributed by atoms with Crippen molar-refractivity contribution in [3.8, 4) is 0 Å². The van der Waals surface area contributed by atoms with Gasteiger partial charge in [0, 0.05) is 23.2 Å². The van der Waals surface area contributed by atoms with E-state index in [0.29, 0.717) is 29.9 Å². The number of benzene rings is 1. The highest BCUT2D eigenvalue weighted by Crippen LogP contribution is 2.24. The van der Waals surface area contributed by atoms with E-state index in [1.165, 1.54) is 10.9 Å². The van der Waals surface area contributed by atoms with Crippen LogP contribution in [0.25, 0.3) is 11.0 Å². The number of nitrogens with zero attached hydrogens (tertiary/aromatic N) is 3. The third-order valence-corrected chi connectivity index (χ3v) is 4.68. The molecule has 0 unspecified atom stereocenters. The predicted molar refractivity (Wildman–Crippen MR) is 84.8 cm³/mol. The summed E-state index contributed by atoms with van der Waals surface area (Å²) in [4.78, 5) is 10.0. The molecule has 0 spiro atoms. The van der Waals surface area contributed by atoms with Crippen LogP contribution in [0.5, 0.6) is 0 Å². The number of halogens is 2. The maximum absolute atomic E-state index is 13.7. The van der Waals surface area contributed by atoms with Gasteiger partial charge in [-0.25, -0.2) is 14.4 Å². The number of rotatable bonds is 4.